The van der Waals surface area contributed by atoms with Gasteiger partial charge >= 0.3 is 0 Å². The summed E-state index contributed by atoms with van der Waals surface area (Å²) in [5, 5.41) is 6.27. The highest BCUT2D eigenvalue weighted by Crippen LogP contribution is 2.47. The molecule has 0 spiro atoms. The Morgan fingerprint density at radius 1 is 0.541 bits per heavy atom. The van der Waals surface area contributed by atoms with E-state index >= 15 is 0 Å². The van der Waals surface area contributed by atoms with E-state index in [9.17, 15) is 0 Å². The van der Waals surface area contributed by atoms with E-state index in [0.29, 0.717) is 0 Å². The smallest absolute Gasteiger partial charge is 0.146 e. The van der Waals surface area contributed by atoms with E-state index in [2.05, 4.69) is 93.9 Å². The largest absolute Gasteiger partial charge is 0.309 e. The predicted octanol–water partition coefficient (Wildman–Crippen LogP) is 7.70. The fourth-order valence-electron chi connectivity index (χ4n) is 6.62. The number of imidazole rings is 1. The summed E-state index contributed by atoms with van der Waals surface area (Å²) >= 11 is 0. The van der Waals surface area contributed by atoms with Crippen LogP contribution >= 0.6 is 0 Å². The molecule has 4 heteroatoms. The summed E-state index contributed by atoms with van der Waals surface area (Å²) in [5.41, 5.74) is 11.0. The van der Waals surface area contributed by atoms with Gasteiger partial charge in [-0.25, -0.2) is 9.97 Å². The van der Waals surface area contributed by atoms with Crippen LogP contribution in [0.5, 0.6) is 0 Å². The Bertz CT molecular complexity index is 2220. The van der Waals surface area contributed by atoms with Crippen LogP contribution in [0.2, 0.25) is 0 Å². The Balaban J connectivity index is 1.41. The number of nitrogens with zero attached hydrogens (tertiary/aromatic N) is 4. The van der Waals surface area contributed by atoms with Gasteiger partial charge in [0.1, 0.15) is 11.3 Å². The molecule has 4 heterocycles. The molecule has 0 aliphatic heterocycles. The molecule has 0 unspecified atom stereocenters. The minimum atomic E-state index is 0.885. The number of fused-ring (bicyclic) bond motifs is 14. The maximum atomic E-state index is 4.81. The van der Waals surface area contributed by atoms with Gasteiger partial charge in [-0.15, -0.1) is 0 Å². The normalized spacial score (nSPS) is 12.8. The zero-order chi connectivity index (χ0) is 24.1. The quantitative estimate of drug-likeness (QED) is 0.229. The van der Waals surface area contributed by atoms with Crippen LogP contribution < -0.4 is 0 Å². The van der Waals surface area contributed by atoms with E-state index in [-0.39, 0.29) is 0 Å². The molecule has 0 radical (unpaired) electrons. The Morgan fingerprint density at radius 2 is 1.30 bits per heavy atom. The lowest BCUT2D eigenvalue weighted by Gasteiger charge is -2.11. The first-order valence-electron chi connectivity index (χ1n) is 12.6. The maximum absolute atomic E-state index is 4.81. The minimum absolute atomic E-state index is 0.885. The van der Waals surface area contributed by atoms with E-state index in [1.807, 2.05) is 24.7 Å². The SMILES string of the molecule is c1ccc(-n2c3ccccc3c3c4c(ccc32)-c2ccc3c5cccnc5n5ccnc5c3c2C4)cc1. The van der Waals surface area contributed by atoms with E-state index in [0.717, 1.165) is 23.1 Å². The number of benzene rings is 4. The molecule has 4 aromatic heterocycles. The Hall–Kier alpha value is -4.96. The molecule has 0 saturated heterocycles. The second-order valence-electron chi connectivity index (χ2n) is 9.86. The van der Waals surface area contributed by atoms with E-state index in [4.69, 9.17) is 9.97 Å². The van der Waals surface area contributed by atoms with Crippen LogP contribution in [0.4, 0.5) is 0 Å². The minimum Gasteiger partial charge on any atom is -0.309 e. The highest BCUT2D eigenvalue weighted by atomic mass is 15.0. The molecular weight excluding hydrogens is 452 g/mol. The Kier molecular flexibility index (Phi) is 3.55. The number of aromatic nitrogens is 4. The summed E-state index contributed by atoms with van der Waals surface area (Å²) in [6.07, 6.45) is 6.65. The Labute approximate surface area is 212 Å². The number of hydrogen-bond donors (Lipinski definition) is 0. The molecule has 1 aliphatic carbocycles. The zero-order valence-electron chi connectivity index (χ0n) is 19.9. The molecule has 4 nitrogen and oxygen atoms in total. The van der Waals surface area contributed by atoms with E-state index in [1.165, 1.54) is 60.5 Å². The summed E-state index contributed by atoms with van der Waals surface area (Å²) in [6, 6.07) is 32.9. The van der Waals surface area contributed by atoms with Gasteiger partial charge in [-0.05, 0) is 64.0 Å². The van der Waals surface area contributed by atoms with Crippen LogP contribution in [0, 0.1) is 0 Å². The van der Waals surface area contributed by atoms with Crippen molar-refractivity contribution in [3.8, 4) is 16.8 Å². The fourth-order valence-corrected chi connectivity index (χ4v) is 6.62. The molecule has 9 rings (SSSR count). The summed E-state index contributed by atoms with van der Waals surface area (Å²) in [4.78, 5) is 9.50. The van der Waals surface area contributed by atoms with E-state index < -0.39 is 0 Å². The molecule has 172 valence electrons. The number of hydrogen-bond acceptors (Lipinski definition) is 2. The van der Waals surface area contributed by atoms with Gasteiger partial charge in [0.15, 0.2) is 0 Å². The third-order valence-corrected chi connectivity index (χ3v) is 8.09. The van der Waals surface area contributed by atoms with Gasteiger partial charge in [-0.2, -0.15) is 0 Å². The molecule has 0 bridgehead atoms. The maximum Gasteiger partial charge on any atom is 0.146 e. The van der Waals surface area contributed by atoms with Crippen molar-refractivity contribution < 1.29 is 0 Å². The van der Waals surface area contributed by atoms with Crippen LogP contribution in [0.3, 0.4) is 0 Å². The van der Waals surface area contributed by atoms with Crippen molar-refractivity contribution in [2.75, 3.05) is 0 Å². The molecular formula is C33H20N4. The molecule has 37 heavy (non-hydrogen) atoms. The summed E-state index contributed by atoms with van der Waals surface area (Å²) in [6.45, 7) is 0. The fraction of sp³-hybridized carbons (Fsp3) is 0.0303. The van der Waals surface area contributed by atoms with Crippen LogP contribution in [0.25, 0.3) is 66.1 Å². The molecule has 0 atom stereocenters. The number of pyridine rings is 2. The predicted molar refractivity (Wildman–Crippen MR) is 151 cm³/mol. The molecule has 0 amide bonds. The van der Waals surface area contributed by atoms with Crippen LogP contribution in [-0.2, 0) is 6.42 Å². The van der Waals surface area contributed by atoms with Gasteiger partial charge in [0.05, 0.1) is 11.0 Å². The summed E-state index contributed by atoms with van der Waals surface area (Å²) in [5.74, 6) is 0. The van der Waals surface area contributed by atoms with Gasteiger partial charge in [-0.3, -0.25) is 4.40 Å². The molecule has 0 fully saturated rings. The van der Waals surface area contributed by atoms with Crippen LogP contribution in [-0.4, -0.2) is 18.9 Å². The highest BCUT2D eigenvalue weighted by molar-refractivity contribution is 6.17. The topological polar surface area (TPSA) is 35.1 Å². The Morgan fingerprint density at radius 3 is 2.22 bits per heavy atom. The van der Waals surface area contributed by atoms with Crippen molar-refractivity contribution in [2.24, 2.45) is 0 Å². The number of rotatable bonds is 1. The average molecular weight is 473 g/mol. The molecule has 0 saturated carbocycles. The first-order valence-corrected chi connectivity index (χ1v) is 12.6. The van der Waals surface area contributed by atoms with Gasteiger partial charge < -0.3 is 4.57 Å². The van der Waals surface area contributed by atoms with Crippen LogP contribution in [0.15, 0.2) is 110 Å². The van der Waals surface area contributed by atoms with Crippen LogP contribution in [0.1, 0.15) is 11.1 Å². The van der Waals surface area contributed by atoms with Gasteiger partial charge in [-0.1, -0.05) is 54.6 Å². The lowest BCUT2D eigenvalue weighted by atomic mass is 9.98. The van der Waals surface area contributed by atoms with E-state index in [1.54, 1.807) is 0 Å². The standard InChI is InChI=1S/C33H20N4/c1-2-7-20(8-3-1)37-28-11-5-4-9-25(28)30-26-19-27-21(22(26)14-15-29(30)37)12-13-23-24-10-6-16-34-32(24)36-18-17-35-33(36)31(23)27/h1-18H,19H2. The first-order chi connectivity index (χ1) is 18.4. The lowest BCUT2D eigenvalue weighted by molar-refractivity contribution is 1.18. The monoisotopic (exact) mass is 472 g/mol. The summed E-state index contributed by atoms with van der Waals surface area (Å²) < 4.78 is 4.54. The highest BCUT2D eigenvalue weighted by Gasteiger charge is 2.27. The van der Waals surface area contributed by atoms with Crippen molar-refractivity contribution >= 4 is 49.3 Å². The number of para-hydroxylation sites is 2. The van der Waals surface area contributed by atoms with Gasteiger partial charge in [0.2, 0.25) is 0 Å². The van der Waals surface area contributed by atoms with Gasteiger partial charge in [0.25, 0.3) is 0 Å². The molecule has 4 aromatic carbocycles. The first kappa shape index (κ1) is 19.3. The molecule has 0 N–H and O–H groups in total. The zero-order valence-corrected chi connectivity index (χ0v) is 19.9. The third kappa shape index (κ3) is 2.37. The second kappa shape index (κ2) is 6.83. The van der Waals surface area contributed by atoms with Crippen molar-refractivity contribution in [1.82, 2.24) is 18.9 Å². The van der Waals surface area contributed by atoms with Crippen molar-refractivity contribution in [2.45, 2.75) is 6.42 Å². The van der Waals surface area contributed by atoms with Crippen molar-refractivity contribution in [3.63, 3.8) is 0 Å². The third-order valence-electron chi connectivity index (χ3n) is 8.09. The van der Waals surface area contributed by atoms with Crippen molar-refractivity contribution in [3.05, 3.63) is 121 Å². The van der Waals surface area contributed by atoms with Crippen molar-refractivity contribution in [1.29, 1.82) is 0 Å². The second-order valence-corrected chi connectivity index (χ2v) is 9.86. The molecule has 1 aliphatic rings. The van der Waals surface area contributed by atoms with Gasteiger partial charge in [0, 0.05) is 52.2 Å². The molecule has 8 aromatic rings. The lowest BCUT2D eigenvalue weighted by Crippen LogP contribution is -1.95. The summed E-state index contributed by atoms with van der Waals surface area (Å²) in [7, 11) is 0. The average Bonchev–Trinajstić information content (AvgIpc) is 3.67.